The number of ether oxygens (including phenoxy) is 1. The van der Waals surface area contributed by atoms with Gasteiger partial charge in [0.2, 0.25) is 0 Å². The number of rotatable bonds is 4. The zero-order valence-corrected chi connectivity index (χ0v) is 10.9. The summed E-state index contributed by atoms with van der Waals surface area (Å²) in [6.45, 7) is 0. The van der Waals surface area contributed by atoms with Crippen LogP contribution >= 0.6 is 36.1 Å². The molecule has 0 bridgehead atoms. The Morgan fingerprint density at radius 1 is 1.40 bits per heavy atom. The minimum Gasteiger partial charge on any atom is -0.467 e. The first-order valence-electron chi connectivity index (χ1n) is 3.88. The molecule has 0 radical (unpaired) electrons. The molecule has 0 aromatic carbocycles. The van der Waals surface area contributed by atoms with Gasteiger partial charge in [0.1, 0.15) is 6.33 Å². The molecule has 1 aromatic heterocycles. The lowest BCUT2D eigenvalue weighted by molar-refractivity contribution is 0.377. The van der Waals surface area contributed by atoms with E-state index in [1.165, 1.54) is 37.3 Å². The molecule has 0 saturated heterocycles. The first kappa shape index (κ1) is 12.5. The Labute approximate surface area is 102 Å². The highest BCUT2D eigenvalue weighted by molar-refractivity contribution is 8.13. The van der Waals surface area contributed by atoms with Crippen molar-refractivity contribution in [1.82, 2.24) is 18.7 Å². The van der Waals surface area contributed by atoms with Crippen molar-refractivity contribution in [2.75, 3.05) is 19.6 Å². The van der Waals surface area contributed by atoms with Gasteiger partial charge in [0.05, 0.1) is 7.11 Å². The van der Waals surface area contributed by atoms with Gasteiger partial charge in [-0.1, -0.05) is 12.2 Å². The Balaban J connectivity index is 2.90. The molecule has 1 heterocycles. The summed E-state index contributed by atoms with van der Waals surface area (Å²) in [5.74, 6) is 0.445. The lowest BCUT2D eigenvalue weighted by atomic mass is 10.6. The number of nitrogens with zero attached hydrogens (tertiary/aromatic N) is 4. The van der Waals surface area contributed by atoms with Gasteiger partial charge in [-0.25, -0.2) is 8.69 Å². The van der Waals surface area contributed by atoms with Crippen molar-refractivity contribution >= 4 is 41.1 Å². The topological polar surface area (TPSA) is 51.1 Å². The van der Waals surface area contributed by atoms with Crippen LogP contribution in [0.15, 0.2) is 6.33 Å². The van der Waals surface area contributed by atoms with Crippen molar-refractivity contribution in [3.8, 4) is 6.01 Å². The standard InChI is InChI=1S/C7H10N4OS3/c1-12-7-9-4-8-5(10-7)6(13)11(14-2)15-3/h4H,1-3H3. The van der Waals surface area contributed by atoms with Crippen LogP contribution in [0.3, 0.4) is 0 Å². The fraction of sp³-hybridized carbons (Fsp3) is 0.429. The molecule has 0 aliphatic rings. The Morgan fingerprint density at radius 2 is 2.07 bits per heavy atom. The van der Waals surface area contributed by atoms with Crippen LogP contribution in [0.1, 0.15) is 5.82 Å². The number of methoxy groups -OCH3 is 1. The van der Waals surface area contributed by atoms with Crippen molar-refractivity contribution in [2.24, 2.45) is 0 Å². The largest absolute Gasteiger partial charge is 0.467 e. The predicted octanol–water partition coefficient (Wildman–Crippen LogP) is 1.41. The molecule has 0 spiro atoms. The van der Waals surface area contributed by atoms with E-state index in [1.807, 2.05) is 16.2 Å². The quantitative estimate of drug-likeness (QED) is 0.596. The van der Waals surface area contributed by atoms with Crippen molar-refractivity contribution in [3.05, 3.63) is 12.2 Å². The highest BCUT2D eigenvalue weighted by Gasteiger charge is 2.13. The molecule has 0 aliphatic heterocycles. The fourth-order valence-corrected chi connectivity index (χ4v) is 2.44. The van der Waals surface area contributed by atoms with E-state index in [-0.39, 0.29) is 6.01 Å². The molecule has 0 fully saturated rings. The SMILES string of the molecule is COc1ncnc(C(=S)N(SC)SC)n1. The van der Waals surface area contributed by atoms with Gasteiger partial charge in [-0.05, 0) is 23.9 Å². The molecule has 15 heavy (non-hydrogen) atoms. The summed E-state index contributed by atoms with van der Waals surface area (Å²) in [6.07, 6.45) is 5.24. The molecule has 0 amide bonds. The van der Waals surface area contributed by atoms with Crippen LogP contribution in [0.25, 0.3) is 0 Å². The molecule has 1 rings (SSSR count). The average molecular weight is 262 g/mol. The Hall–Kier alpha value is -0.600. The Morgan fingerprint density at radius 3 is 2.60 bits per heavy atom. The van der Waals surface area contributed by atoms with E-state index < -0.39 is 0 Å². The Bertz CT molecular complexity index is 345. The molecule has 1 aromatic rings. The second-order valence-electron chi connectivity index (χ2n) is 2.22. The first-order chi connectivity index (χ1) is 7.22. The van der Waals surface area contributed by atoms with Gasteiger partial charge in [0, 0.05) is 12.5 Å². The molecule has 8 heteroatoms. The van der Waals surface area contributed by atoms with Gasteiger partial charge in [-0.2, -0.15) is 9.97 Å². The smallest absolute Gasteiger partial charge is 0.319 e. The monoisotopic (exact) mass is 262 g/mol. The third kappa shape index (κ3) is 3.18. The van der Waals surface area contributed by atoms with E-state index in [1.54, 1.807) is 0 Å². The normalized spacial score (nSPS) is 9.80. The van der Waals surface area contributed by atoms with Crippen LogP contribution in [0, 0.1) is 0 Å². The third-order valence-corrected chi connectivity index (χ3v) is 3.94. The van der Waals surface area contributed by atoms with Gasteiger partial charge in [0.15, 0.2) is 10.8 Å². The highest BCUT2D eigenvalue weighted by Crippen LogP contribution is 2.20. The van der Waals surface area contributed by atoms with Crippen LogP contribution in [0.5, 0.6) is 6.01 Å². The second kappa shape index (κ2) is 6.09. The van der Waals surface area contributed by atoms with Crippen molar-refractivity contribution in [2.45, 2.75) is 0 Å². The summed E-state index contributed by atoms with van der Waals surface area (Å²) in [5.41, 5.74) is 0. The molecule has 0 atom stereocenters. The molecular weight excluding hydrogens is 252 g/mol. The highest BCUT2D eigenvalue weighted by atomic mass is 32.2. The lowest BCUT2D eigenvalue weighted by Crippen LogP contribution is -2.18. The van der Waals surface area contributed by atoms with Gasteiger partial charge in [-0.15, -0.1) is 0 Å². The van der Waals surface area contributed by atoms with E-state index in [4.69, 9.17) is 17.0 Å². The van der Waals surface area contributed by atoms with Crippen LogP contribution < -0.4 is 4.74 Å². The molecular formula is C7H10N4OS3. The average Bonchev–Trinajstić information content (AvgIpc) is 2.30. The summed E-state index contributed by atoms with van der Waals surface area (Å²) in [5, 5.41) is 0. The van der Waals surface area contributed by atoms with Crippen LogP contribution in [-0.2, 0) is 0 Å². The van der Waals surface area contributed by atoms with E-state index >= 15 is 0 Å². The second-order valence-corrected chi connectivity index (χ2v) is 4.30. The van der Waals surface area contributed by atoms with Gasteiger partial charge in [-0.3, -0.25) is 0 Å². The minimum atomic E-state index is 0.268. The van der Waals surface area contributed by atoms with Crippen LogP contribution in [0.4, 0.5) is 0 Å². The van der Waals surface area contributed by atoms with E-state index in [0.717, 1.165) is 0 Å². The third-order valence-electron chi connectivity index (χ3n) is 1.42. The number of hydrogen-bond donors (Lipinski definition) is 0. The fourth-order valence-electron chi connectivity index (χ4n) is 0.805. The van der Waals surface area contributed by atoms with E-state index in [9.17, 15) is 0 Å². The Kier molecular flexibility index (Phi) is 5.06. The molecule has 0 saturated carbocycles. The lowest BCUT2D eigenvalue weighted by Gasteiger charge is -2.16. The van der Waals surface area contributed by atoms with Crippen LogP contribution in [0.2, 0.25) is 0 Å². The number of aromatic nitrogens is 3. The number of hydrogen-bond acceptors (Lipinski definition) is 7. The van der Waals surface area contributed by atoms with E-state index in [0.29, 0.717) is 10.8 Å². The maximum Gasteiger partial charge on any atom is 0.319 e. The molecule has 82 valence electrons. The zero-order chi connectivity index (χ0) is 11.3. The van der Waals surface area contributed by atoms with Gasteiger partial charge in [0.25, 0.3) is 0 Å². The van der Waals surface area contributed by atoms with Crippen LogP contribution in [-0.4, -0.2) is 43.3 Å². The van der Waals surface area contributed by atoms with Gasteiger partial charge < -0.3 is 4.74 Å². The minimum absolute atomic E-state index is 0.268. The predicted molar refractivity (Wildman–Crippen MR) is 66.9 cm³/mol. The first-order valence-corrected chi connectivity index (χ1v) is 6.65. The van der Waals surface area contributed by atoms with Crippen molar-refractivity contribution in [3.63, 3.8) is 0 Å². The zero-order valence-electron chi connectivity index (χ0n) is 8.50. The van der Waals surface area contributed by atoms with Crippen molar-refractivity contribution < 1.29 is 4.74 Å². The summed E-state index contributed by atoms with van der Waals surface area (Å²) in [4.78, 5) is 12.4. The van der Waals surface area contributed by atoms with Crippen molar-refractivity contribution in [1.29, 1.82) is 0 Å². The summed E-state index contributed by atoms with van der Waals surface area (Å²) < 4.78 is 6.74. The molecule has 5 nitrogen and oxygen atoms in total. The number of thiocarbonyl (C=S) groups is 1. The molecule has 0 N–H and O–H groups in total. The maximum atomic E-state index is 5.22. The summed E-state index contributed by atoms with van der Waals surface area (Å²) in [7, 11) is 1.50. The maximum absolute atomic E-state index is 5.22. The summed E-state index contributed by atoms with van der Waals surface area (Å²) >= 11 is 8.22. The summed E-state index contributed by atoms with van der Waals surface area (Å²) in [6, 6.07) is 0.268. The molecule has 0 unspecified atom stereocenters. The van der Waals surface area contributed by atoms with E-state index in [2.05, 4.69) is 15.0 Å². The molecule has 0 aliphatic carbocycles. The van der Waals surface area contributed by atoms with Gasteiger partial charge >= 0.3 is 6.01 Å².